The summed E-state index contributed by atoms with van der Waals surface area (Å²) in [6.07, 6.45) is 0. The highest BCUT2D eigenvalue weighted by atomic mass is 16.3. The summed E-state index contributed by atoms with van der Waals surface area (Å²) in [7, 11) is 0. The molecule has 1 heterocycles. The van der Waals surface area contributed by atoms with E-state index in [9.17, 15) is 4.79 Å². The van der Waals surface area contributed by atoms with Gasteiger partial charge in [-0.2, -0.15) is 5.10 Å². The summed E-state index contributed by atoms with van der Waals surface area (Å²) in [6, 6.07) is 7.29. The number of nitrogens with zero attached hydrogens (tertiary/aromatic N) is 2. The number of nitrogens with two attached hydrogens (primary N) is 1. The minimum Gasteiger partial charge on any atom is -0.394 e. The Morgan fingerprint density at radius 1 is 1.47 bits per heavy atom. The van der Waals surface area contributed by atoms with Crippen LogP contribution in [0.15, 0.2) is 24.3 Å². The molecule has 0 saturated carbocycles. The first-order valence-electron chi connectivity index (χ1n) is 4.60. The molecule has 0 unspecified atom stereocenters. The quantitative estimate of drug-likeness (QED) is 0.747. The number of aliphatic hydroxyl groups excluding tert-OH is 1. The van der Waals surface area contributed by atoms with E-state index in [4.69, 9.17) is 10.8 Å². The molecule has 1 aromatic carbocycles. The van der Waals surface area contributed by atoms with Crippen molar-refractivity contribution in [2.45, 2.75) is 6.54 Å². The van der Waals surface area contributed by atoms with E-state index in [-0.39, 0.29) is 12.3 Å². The largest absolute Gasteiger partial charge is 0.394 e. The van der Waals surface area contributed by atoms with E-state index in [1.807, 2.05) is 18.2 Å². The molecule has 2 rings (SSSR count). The van der Waals surface area contributed by atoms with Crippen LogP contribution in [-0.2, 0) is 6.54 Å². The maximum absolute atomic E-state index is 11.1. The molecular weight excluding hydrogens is 194 g/mol. The summed E-state index contributed by atoms with van der Waals surface area (Å²) in [5.41, 5.74) is 6.27. The predicted molar refractivity (Wildman–Crippen MR) is 55.3 cm³/mol. The van der Waals surface area contributed by atoms with Crippen molar-refractivity contribution in [3.63, 3.8) is 0 Å². The summed E-state index contributed by atoms with van der Waals surface area (Å²) in [6.45, 7) is 0.331. The van der Waals surface area contributed by atoms with Gasteiger partial charge in [-0.1, -0.05) is 18.2 Å². The number of rotatable bonds is 3. The van der Waals surface area contributed by atoms with Crippen molar-refractivity contribution in [3.05, 3.63) is 30.0 Å². The van der Waals surface area contributed by atoms with Crippen LogP contribution in [0.3, 0.4) is 0 Å². The molecule has 0 aliphatic heterocycles. The number of aromatic nitrogens is 2. The van der Waals surface area contributed by atoms with E-state index in [0.29, 0.717) is 6.54 Å². The average Bonchev–Trinajstić information content (AvgIpc) is 2.59. The van der Waals surface area contributed by atoms with Crippen molar-refractivity contribution in [1.82, 2.24) is 9.78 Å². The van der Waals surface area contributed by atoms with Crippen molar-refractivity contribution in [1.29, 1.82) is 0 Å². The van der Waals surface area contributed by atoms with Crippen molar-refractivity contribution in [2.75, 3.05) is 6.61 Å². The highest BCUT2D eigenvalue weighted by Crippen LogP contribution is 2.17. The normalized spacial score (nSPS) is 10.7. The first-order chi connectivity index (χ1) is 7.24. The molecule has 5 nitrogen and oxygen atoms in total. The summed E-state index contributed by atoms with van der Waals surface area (Å²) in [4.78, 5) is 11.1. The third kappa shape index (κ3) is 1.57. The third-order valence-corrected chi connectivity index (χ3v) is 2.20. The van der Waals surface area contributed by atoms with Crippen LogP contribution in [-0.4, -0.2) is 27.4 Å². The molecule has 3 N–H and O–H groups in total. The molecule has 0 saturated heterocycles. The van der Waals surface area contributed by atoms with Gasteiger partial charge in [0.15, 0.2) is 5.69 Å². The zero-order valence-electron chi connectivity index (χ0n) is 8.05. The first-order valence-corrected chi connectivity index (χ1v) is 4.60. The molecule has 78 valence electrons. The lowest BCUT2D eigenvalue weighted by atomic mass is 10.2. The number of primary amides is 1. The molecule has 1 amide bonds. The fourth-order valence-corrected chi connectivity index (χ4v) is 1.57. The van der Waals surface area contributed by atoms with Crippen molar-refractivity contribution >= 4 is 16.8 Å². The third-order valence-electron chi connectivity index (χ3n) is 2.20. The van der Waals surface area contributed by atoms with Gasteiger partial charge in [0.25, 0.3) is 5.91 Å². The van der Waals surface area contributed by atoms with Gasteiger partial charge in [0.2, 0.25) is 0 Å². The molecule has 0 aliphatic rings. The van der Waals surface area contributed by atoms with Crippen LogP contribution in [0, 0.1) is 0 Å². The summed E-state index contributed by atoms with van der Waals surface area (Å²) in [5, 5.41) is 13.6. The second-order valence-electron chi connectivity index (χ2n) is 3.18. The smallest absolute Gasteiger partial charge is 0.269 e. The fourth-order valence-electron chi connectivity index (χ4n) is 1.57. The van der Waals surface area contributed by atoms with Crippen molar-refractivity contribution in [3.8, 4) is 0 Å². The number of hydrogen-bond acceptors (Lipinski definition) is 3. The lowest BCUT2D eigenvalue weighted by Gasteiger charge is -1.98. The fraction of sp³-hybridized carbons (Fsp3) is 0.200. The number of carbonyl (C=O) groups is 1. The molecule has 1 aromatic heterocycles. The van der Waals surface area contributed by atoms with Gasteiger partial charge in [0, 0.05) is 5.39 Å². The molecule has 0 atom stereocenters. The van der Waals surface area contributed by atoms with E-state index in [2.05, 4.69) is 5.10 Å². The summed E-state index contributed by atoms with van der Waals surface area (Å²) < 4.78 is 1.58. The Morgan fingerprint density at radius 3 is 2.87 bits per heavy atom. The van der Waals surface area contributed by atoms with Gasteiger partial charge >= 0.3 is 0 Å². The van der Waals surface area contributed by atoms with Crippen LogP contribution in [0.1, 0.15) is 10.5 Å². The maximum atomic E-state index is 11.1. The van der Waals surface area contributed by atoms with Crippen LogP contribution >= 0.6 is 0 Å². The van der Waals surface area contributed by atoms with Gasteiger partial charge in [-0.25, -0.2) is 0 Å². The van der Waals surface area contributed by atoms with Gasteiger partial charge in [-0.05, 0) is 6.07 Å². The number of fused-ring (bicyclic) bond motifs is 1. The van der Waals surface area contributed by atoms with Gasteiger partial charge in [-0.3, -0.25) is 9.48 Å². The van der Waals surface area contributed by atoms with Crippen LogP contribution in [0.25, 0.3) is 10.9 Å². The van der Waals surface area contributed by atoms with Crippen molar-refractivity contribution in [2.24, 2.45) is 5.73 Å². The number of hydrogen-bond donors (Lipinski definition) is 2. The molecule has 0 fully saturated rings. The second kappa shape index (κ2) is 3.70. The Morgan fingerprint density at radius 2 is 2.20 bits per heavy atom. The molecule has 5 heteroatoms. The molecule has 2 aromatic rings. The average molecular weight is 205 g/mol. The van der Waals surface area contributed by atoms with Gasteiger partial charge < -0.3 is 10.8 Å². The lowest BCUT2D eigenvalue weighted by molar-refractivity contribution is 0.0996. The predicted octanol–water partition coefficient (Wildman–Crippen LogP) is 0.127. The van der Waals surface area contributed by atoms with E-state index >= 15 is 0 Å². The molecule has 0 spiro atoms. The number of carbonyl (C=O) groups excluding carboxylic acids is 1. The second-order valence-corrected chi connectivity index (χ2v) is 3.18. The Bertz CT molecular complexity index is 504. The standard InChI is InChI=1S/C10H11N3O2/c11-10(15)9-7-3-1-2-4-8(7)13(12-9)5-6-14/h1-4,14H,5-6H2,(H2,11,15). The number of amides is 1. The topological polar surface area (TPSA) is 81.1 Å². The highest BCUT2D eigenvalue weighted by Gasteiger charge is 2.13. The van der Waals surface area contributed by atoms with E-state index in [1.165, 1.54) is 0 Å². The summed E-state index contributed by atoms with van der Waals surface area (Å²) >= 11 is 0. The van der Waals surface area contributed by atoms with Crippen LogP contribution < -0.4 is 5.73 Å². The zero-order chi connectivity index (χ0) is 10.8. The zero-order valence-corrected chi connectivity index (χ0v) is 8.05. The Hall–Kier alpha value is -1.88. The number of para-hydroxylation sites is 1. The monoisotopic (exact) mass is 205 g/mol. The Kier molecular flexibility index (Phi) is 2.39. The summed E-state index contributed by atoms with van der Waals surface area (Å²) in [5.74, 6) is -0.553. The Balaban J connectivity index is 2.67. The van der Waals surface area contributed by atoms with Gasteiger partial charge in [0.05, 0.1) is 18.7 Å². The van der Waals surface area contributed by atoms with Gasteiger partial charge in [-0.15, -0.1) is 0 Å². The molecule has 0 radical (unpaired) electrons. The van der Waals surface area contributed by atoms with Crippen molar-refractivity contribution < 1.29 is 9.90 Å². The number of aliphatic hydroxyl groups is 1. The number of benzene rings is 1. The minimum atomic E-state index is -0.553. The van der Waals surface area contributed by atoms with Crippen LogP contribution in [0.4, 0.5) is 0 Å². The minimum absolute atomic E-state index is 0.0239. The Labute approximate surface area is 86.1 Å². The van der Waals surface area contributed by atoms with Crippen LogP contribution in [0.5, 0.6) is 0 Å². The van der Waals surface area contributed by atoms with E-state index < -0.39 is 5.91 Å². The molecular formula is C10H11N3O2. The highest BCUT2D eigenvalue weighted by molar-refractivity contribution is 6.04. The lowest BCUT2D eigenvalue weighted by Crippen LogP contribution is -2.13. The van der Waals surface area contributed by atoms with Crippen LogP contribution in [0.2, 0.25) is 0 Å². The van der Waals surface area contributed by atoms with E-state index in [1.54, 1.807) is 10.7 Å². The molecule has 15 heavy (non-hydrogen) atoms. The molecule has 0 bridgehead atoms. The van der Waals surface area contributed by atoms with E-state index in [0.717, 1.165) is 10.9 Å². The first kappa shape index (κ1) is 9.67. The SMILES string of the molecule is NC(=O)c1nn(CCO)c2ccccc12. The molecule has 0 aliphatic carbocycles. The maximum Gasteiger partial charge on any atom is 0.269 e. The van der Waals surface area contributed by atoms with Gasteiger partial charge in [0.1, 0.15) is 0 Å².